The molecule has 0 saturated carbocycles. The van der Waals surface area contributed by atoms with Gasteiger partial charge in [0.25, 0.3) is 0 Å². The number of alkyl halides is 3. The minimum Gasteiger partial charge on any atom is -0.359 e. The first-order valence-electron chi connectivity index (χ1n) is 8.19. The maximum atomic E-state index is 12.6. The molecule has 0 aromatic heterocycles. The Hall–Kier alpha value is -3.23. The number of piperazine rings is 1. The van der Waals surface area contributed by atoms with Crippen LogP contribution in [0.1, 0.15) is 5.56 Å². The third-order valence-electron chi connectivity index (χ3n) is 4.00. The summed E-state index contributed by atoms with van der Waals surface area (Å²) >= 11 is 0. The molecule has 0 bridgehead atoms. The molecule has 1 aliphatic rings. The Morgan fingerprint density at radius 2 is 1.74 bits per heavy atom. The van der Waals surface area contributed by atoms with E-state index in [1.807, 2.05) is 4.90 Å². The molecule has 9 heteroatoms. The van der Waals surface area contributed by atoms with Crippen LogP contribution in [-0.4, -0.2) is 31.6 Å². The van der Waals surface area contributed by atoms with E-state index in [-0.39, 0.29) is 18.1 Å². The summed E-state index contributed by atoms with van der Waals surface area (Å²) in [6.07, 6.45) is -4.43. The summed E-state index contributed by atoms with van der Waals surface area (Å²) in [4.78, 5) is 25.6. The Morgan fingerprint density at radius 1 is 1.04 bits per heavy atom. The first kappa shape index (κ1) is 18.6. The summed E-state index contributed by atoms with van der Waals surface area (Å²) < 4.78 is 37.8. The zero-order valence-corrected chi connectivity index (χ0v) is 14.1. The molecule has 1 heterocycles. The number of carbonyl (C=O) groups excluding carboxylic acids is 2. The molecular weight excluding hydrogens is 361 g/mol. The summed E-state index contributed by atoms with van der Waals surface area (Å²) in [5.74, 6) is -0.106. The first-order valence-corrected chi connectivity index (χ1v) is 8.19. The number of benzene rings is 2. The fraction of sp³-hybridized carbons (Fsp3) is 0.222. The molecule has 0 aliphatic carbocycles. The van der Waals surface area contributed by atoms with Crippen molar-refractivity contribution in [3.05, 3.63) is 54.1 Å². The van der Waals surface area contributed by atoms with E-state index in [9.17, 15) is 22.8 Å². The van der Waals surface area contributed by atoms with Crippen LogP contribution in [0.2, 0.25) is 0 Å². The Kier molecular flexibility index (Phi) is 5.20. The Bertz CT molecular complexity index is 837. The molecule has 0 radical (unpaired) electrons. The van der Waals surface area contributed by atoms with Gasteiger partial charge in [-0.05, 0) is 36.4 Å². The van der Waals surface area contributed by atoms with E-state index in [1.165, 1.54) is 12.1 Å². The number of nitrogens with one attached hydrogen (secondary N) is 3. The largest absolute Gasteiger partial charge is 0.416 e. The van der Waals surface area contributed by atoms with Gasteiger partial charge in [0.1, 0.15) is 0 Å². The molecule has 6 nitrogen and oxygen atoms in total. The van der Waals surface area contributed by atoms with Crippen LogP contribution in [0.3, 0.4) is 0 Å². The van der Waals surface area contributed by atoms with Gasteiger partial charge in [0.05, 0.1) is 23.5 Å². The van der Waals surface area contributed by atoms with Crippen molar-refractivity contribution in [3.8, 4) is 0 Å². The Balaban J connectivity index is 1.68. The predicted octanol–water partition coefficient (Wildman–Crippen LogP) is 3.29. The molecule has 3 amide bonds. The monoisotopic (exact) mass is 378 g/mol. The lowest BCUT2D eigenvalue weighted by Crippen LogP contribution is -2.48. The minimum absolute atomic E-state index is 0.106. The topological polar surface area (TPSA) is 73.5 Å². The number of hydrogen-bond donors (Lipinski definition) is 3. The van der Waals surface area contributed by atoms with Crippen LogP contribution in [0.25, 0.3) is 0 Å². The molecule has 0 spiro atoms. The maximum absolute atomic E-state index is 12.6. The lowest BCUT2D eigenvalue weighted by atomic mass is 10.2. The van der Waals surface area contributed by atoms with E-state index in [1.54, 1.807) is 24.3 Å². The molecule has 0 atom stereocenters. The van der Waals surface area contributed by atoms with E-state index in [2.05, 4.69) is 16.0 Å². The molecule has 3 N–H and O–H groups in total. The van der Waals surface area contributed by atoms with Gasteiger partial charge < -0.3 is 20.9 Å². The van der Waals surface area contributed by atoms with Crippen molar-refractivity contribution < 1.29 is 22.8 Å². The number of carbonyl (C=O) groups is 2. The van der Waals surface area contributed by atoms with Crippen LogP contribution in [0, 0.1) is 0 Å². The second kappa shape index (κ2) is 7.56. The van der Waals surface area contributed by atoms with Crippen molar-refractivity contribution in [1.29, 1.82) is 0 Å². The van der Waals surface area contributed by atoms with Crippen LogP contribution in [0.15, 0.2) is 48.5 Å². The van der Waals surface area contributed by atoms with Crippen LogP contribution < -0.4 is 20.9 Å². The highest BCUT2D eigenvalue weighted by atomic mass is 19.4. The second-order valence-corrected chi connectivity index (χ2v) is 5.94. The number of rotatable bonds is 3. The van der Waals surface area contributed by atoms with Gasteiger partial charge in [-0.3, -0.25) is 4.79 Å². The number of anilines is 3. The summed E-state index contributed by atoms with van der Waals surface area (Å²) in [6.45, 7) is 1.29. The van der Waals surface area contributed by atoms with Gasteiger partial charge in [-0.25, -0.2) is 4.79 Å². The van der Waals surface area contributed by atoms with Crippen molar-refractivity contribution >= 4 is 29.0 Å². The van der Waals surface area contributed by atoms with Gasteiger partial charge >= 0.3 is 12.2 Å². The average molecular weight is 378 g/mol. The van der Waals surface area contributed by atoms with Crippen LogP contribution >= 0.6 is 0 Å². The van der Waals surface area contributed by atoms with Crippen molar-refractivity contribution in [3.63, 3.8) is 0 Å². The number of nitrogens with zero attached hydrogens (tertiary/aromatic N) is 1. The van der Waals surface area contributed by atoms with Crippen LogP contribution in [-0.2, 0) is 11.0 Å². The lowest BCUT2D eigenvalue weighted by molar-refractivity contribution is -0.137. The van der Waals surface area contributed by atoms with Gasteiger partial charge in [0.2, 0.25) is 5.91 Å². The Labute approximate surface area is 153 Å². The molecule has 1 fully saturated rings. The quantitative estimate of drug-likeness (QED) is 0.767. The highest BCUT2D eigenvalue weighted by Crippen LogP contribution is 2.30. The molecule has 3 rings (SSSR count). The van der Waals surface area contributed by atoms with E-state index in [0.29, 0.717) is 24.5 Å². The third kappa shape index (κ3) is 4.69. The van der Waals surface area contributed by atoms with Gasteiger partial charge in [0.15, 0.2) is 0 Å². The smallest absolute Gasteiger partial charge is 0.359 e. The molecular formula is C18H17F3N4O2. The molecule has 0 unspecified atom stereocenters. The molecule has 1 aliphatic heterocycles. The standard InChI is InChI=1S/C18H17F3N4O2/c19-18(20,21)12-5-7-13(8-6-12)23-17(27)24-14-3-1-2-4-15(14)25-10-9-22-16(26)11-25/h1-8H,9-11H2,(H,22,26)(H2,23,24,27). The normalized spacial score (nSPS) is 14.5. The van der Waals surface area contributed by atoms with Gasteiger partial charge in [-0.15, -0.1) is 0 Å². The van der Waals surface area contributed by atoms with E-state index >= 15 is 0 Å². The van der Waals surface area contributed by atoms with E-state index < -0.39 is 17.8 Å². The van der Waals surface area contributed by atoms with Crippen molar-refractivity contribution in [1.82, 2.24) is 5.32 Å². The molecule has 27 heavy (non-hydrogen) atoms. The van der Waals surface area contributed by atoms with Crippen LogP contribution in [0.5, 0.6) is 0 Å². The molecule has 2 aromatic rings. The van der Waals surface area contributed by atoms with E-state index in [0.717, 1.165) is 12.1 Å². The zero-order chi connectivity index (χ0) is 19.4. The van der Waals surface area contributed by atoms with Crippen LogP contribution in [0.4, 0.5) is 35.0 Å². The average Bonchev–Trinajstić information content (AvgIpc) is 2.62. The number of hydrogen-bond acceptors (Lipinski definition) is 3. The lowest BCUT2D eigenvalue weighted by Gasteiger charge is -2.30. The van der Waals surface area contributed by atoms with Crippen molar-refractivity contribution in [2.75, 3.05) is 35.2 Å². The fourth-order valence-corrected chi connectivity index (χ4v) is 2.73. The highest BCUT2D eigenvalue weighted by Gasteiger charge is 2.30. The second-order valence-electron chi connectivity index (χ2n) is 5.94. The number of para-hydroxylation sites is 2. The number of amides is 3. The summed E-state index contributed by atoms with van der Waals surface area (Å²) in [5.41, 5.74) is 0.629. The van der Waals surface area contributed by atoms with Crippen molar-refractivity contribution in [2.45, 2.75) is 6.18 Å². The molecule has 2 aromatic carbocycles. The fourth-order valence-electron chi connectivity index (χ4n) is 2.73. The minimum atomic E-state index is -4.43. The number of urea groups is 1. The Morgan fingerprint density at radius 3 is 2.41 bits per heavy atom. The molecule has 1 saturated heterocycles. The van der Waals surface area contributed by atoms with Gasteiger partial charge in [-0.1, -0.05) is 12.1 Å². The zero-order valence-electron chi connectivity index (χ0n) is 14.1. The number of halogens is 3. The summed E-state index contributed by atoms with van der Waals surface area (Å²) in [5, 5.41) is 7.89. The molecule has 142 valence electrons. The van der Waals surface area contributed by atoms with Gasteiger partial charge in [-0.2, -0.15) is 13.2 Å². The maximum Gasteiger partial charge on any atom is 0.416 e. The highest BCUT2D eigenvalue weighted by molar-refractivity contribution is 6.02. The van der Waals surface area contributed by atoms with E-state index in [4.69, 9.17) is 0 Å². The SMILES string of the molecule is O=C1CN(c2ccccc2NC(=O)Nc2ccc(C(F)(F)F)cc2)CCN1. The predicted molar refractivity (Wildman–Crippen MR) is 95.8 cm³/mol. The first-order chi connectivity index (χ1) is 12.8. The van der Waals surface area contributed by atoms with Crippen molar-refractivity contribution in [2.24, 2.45) is 0 Å². The third-order valence-corrected chi connectivity index (χ3v) is 4.00. The van der Waals surface area contributed by atoms with Gasteiger partial charge in [0, 0.05) is 18.8 Å². The summed E-state index contributed by atoms with van der Waals surface area (Å²) in [6, 6.07) is 10.6. The summed E-state index contributed by atoms with van der Waals surface area (Å²) in [7, 11) is 0.